The van der Waals surface area contributed by atoms with E-state index in [-0.39, 0.29) is 22.2 Å². The van der Waals surface area contributed by atoms with Gasteiger partial charge in [-0.3, -0.25) is 15.0 Å². The van der Waals surface area contributed by atoms with E-state index >= 15 is 0 Å². The first-order chi connectivity index (χ1) is 16.4. The molecule has 4 amide bonds. The molecule has 34 heavy (non-hydrogen) atoms. The molecule has 0 spiro atoms. The van der Waals surface area contributed by atoms with Gasteiger partial charge in [-0.15, -0.1) is 11.3 Å². The van der Waals surface area contributed by atoms with E-state index in [1.807, 2.05) is 6.07 Å². The topological polar surface area (TPSA) is 103 Å². The van der Waals surface area contributed by atoms with Gasteiger partial charge >= 0.3 is 6.03 Å². The van der Waals surface area contributed by atoms with Crippen LogP contribution in [0.2, 0.25) is 5.02 Å². The first-order valence-electron chi connectivity index (χ1n) is 10.5. The van der Waals surface area contributed by atoms with Crippen LogP contribution >= 0.6 is 22.9 Å². The van der Waals surface area contributed by atoms with E-state index in [0.29, 0.717) is 31.6 Å². The number of halogens is 2. The number of anilines is 1. The third kappa shape index (κ3) is 5.52. The third-order valence-corrected chi connectivity index (χ3v) is 6.71. The van der Waals surface area contributed by atoms with Gasteiger partial charge in [-0.2, -0.15) is 0 Å². The van der Waals surface area contributed by atoms with E-state index in [1.54, 1.807) is 34.5 Å². The predicted molar refractivity (Wildman–Crippen MR) is 127 cm³/mol. The van der Waals surface area contributed by atoms with Crippen LogP contribution in [-0.2, 0) is 0 Å². The molecule has 1 saturated heterocycles. The monoisotopic (exact) mass is 501 g/mol. The van der Waals surface area contributed by atoms with Crippen molar-refractivity contribution >= 4 is 46.5 Å². The van der Waals surface area contributed by atoms with Crippen LogP contribution < -0.4 is 16.2 Å². The summed E-state index contributed by atoms with van der Waals surface area (Å²) in [6, 6.07) is 12.4. The quantitative estimate of drug-likeness (QED) is 0.460. The van der Waals surface area contributed by atoms with Crippen LogP contribution in [0.4, 0.5) is 14.9 Å². The van der Waals surface area contributed by atoms with Gasteiger partial charge in [0.2, 0.25) is 0 Å². The Kier molecular flexibility index (Phi) is 7.39. The summed E-state index contributed by atoms with van der Waals surface area (Å²) in [7, 11) is 0. The summed E-state index contributed by atoms with van der Waals surface area (Å²) in [4.78, 5) is 43.0. The summed E-state index contributed by atoms with van der Waals surface area (Å²) in [5.41, 5.74) is 5.29. The van der Waals surface area contributed by atoms with Crippen molar-refractivity contribution in [1.82, 2.24) is 20.7 Å². The molecule has 8 nitrogen and oxygen atoms in total. The highest BCUT2D eigenvalue weighted by Crippen LogP contribution is 2.31. The molecule has 1 aliphatic heterocycles. The summed E-state index contributed by atoms with van der Waals surface area (Å²) in [6.45, 7) is 0.854. The fourth-order valence-electron chi connectivity index (χ4n) is 3.63. The number of carbonyl (C=O) groups excluding carboxylic acids is 3. The Labute approximate surface area is 204 Å². The van der Waals surface area contributed by atoms with Gasteiger partial charge in [0.1, 0.15) is 11.5 Å². The zero-order chi connectivity index (χ0) is 24.1. The minimum absolute atomic E-state index is 0.0704. The molecule has 2 aromatic carbocycles. The van der Waals surface area contributed by atoms with E-state index in [2.05, 4.69) is 21.2 Å². The fourth-order valence-corrected chi connectivity index (χ4v) is 4.85. The molecule has 1 aromatic heterocycles. The van der Waals surface area contributed by atoms with Crippen LogP contribution in [0.25, 0.3) is 0 Å². The Morgan fingerprint density at radius 3 is 2.47 bits per heavy atom. The lowest BCUT2D eigenvalue weighted by Gasteiger charge is -2.31. The SMILES string of the molecule is O=C(NNC(=O)c1csc(C2CCN(C(=O)c3c(F)cccc3Cl)CC2)n1)Nc1ccccc1. The number of rotatable bonds is 4. The molecular formula is C23H21ClFN5O3S. The number of urea groups is 1. The number of thiazole rings is 1. The Morgan fingerprint density at radius 1 is 1.03 bits per heavy atom. The van der Waals surface area contributed by atoms with Gasteiger partial charge in [-0.1, -0.05) is 35.9 Å². The second kappa shape index (κ2) is 10.6. The van der Waals surface area contributed by atoms with E-state index in [0.717, 1.165) is 5.01 Å². The summed E-state index contributed by atoms with van der Waals surface area (Å²) >= 11 is 7.37. The van der Waals surface area contributed by atoms with Crippen molar-refractivity contribution in [3.05, 3.63) is 81.0 Å². The number of hydrogen-bond acceptors (Lipinski definition) is 5. The number of carbonyl (C=O) groups is 3. The Morgan fingerprint density at radius 2 is 1.76 bits per heavy atom. The summed E-state index contributed by atoms with van der Waals surface area (Å²) < 4.78 is 14.1. The Bertz CT molecular complexity index is 1180. The minimum atomic E-state index is -0.638. The van der Waals surface area contributed by atoms with Crippen molar-refractivity contribution in [2.45, 2.75) is 18.8 Å². The highest BCUT2D eigenvalue weighted by molar-refractivity contribution is 7.09. The third-order valence-electron chi connectivity index (χ3n) is 5.38. The zero-order valence-corrected chi connectivity index (χ0v) is 19.5. The van der Waals surface area contributed by atoms with Crippen LogP contribution in [0.3, 0.4) is 0 Å². The van der Waals surface area contributed by atoms with E-state index in [9.17, 15) is 18.8 Å². The normalized spacial score (nSPS) is 13.9. The molecule has 2 heterocycles. The molecule has 3 aromatic rings. The van der Waals surface area contributed by atoms with Crippen LogP contribution in [0.15, 0.2) is 53.9 Å². The van der Waals surface area contributed by atoms with Crippen LogP contribution in [0.5, 0.6) is 0 Å². The lowest BCUT2D eigenvalue weighted by molar-refractivity contribution is 0.0708. The molecule has 1 aliphatic rings. The number of aromatic nitrogens is 1. The highest BCUT2D eigenvalue weighted by atomic mass is 35.5. The molecule has 0 atom stereocenters. The van der Waals surface area contributed by atoms with Gasteiger partial charge in [-0.25, -0.2) is 19.6 Å². The number of piperidine rings is 1. The largest absolute Gasteiger partial charge is 0.338 e. The number of hydrazine groups is 1. The predicted octanol–water partition coefficient (Wildman–Crippen LogP) is 4.42. The van der Waals surface area contributed by atoms with E-state index in [1.165, 1.54) is 29.5 Å². The molecule has 11 heteroatoms. The van der Waals surface area contributed by atoms with Crippen molar-refractivity contribution in [1.29, 1.82) is 0 Å². The maximum atomic E-state index is 14.1. The molecule has 0 bridgehead atoms. The van der Waals surface area contributed by atoms with Gasteiger partial charge < -0.3 is 10.2 Å². The molecule has 0 saturated carbocycles. The summed E-state index contributed by atoms with van der Waals surface area (Å²) in [5, 5.41) is 5.08. The zero-order valence-electron chi connectivity index (χ0n) is 17.9. The highest BCUT2D eigenvalue weighted by Gasteiger charge is 2.29. The lowest BCUT2D eigenvalue weighted by atomic mass is 9.97. The van der Waals surface area contributed by atoms with Crippen molar-refractivity contribution in [2.24, 2.45) is 0 Å². The second-order valence-corrected chi connectivity index (χ2v) is 8.93. The summed E-state index contributed by atoms with van der Waals surface area (Å²) in [5.74, 6) is -1.53. The molecule has 0 unspecified atom stereocenters. The van der Waals surface area contributed by atoms with Crippen LogP contribution in [0, 0.1) is 5.82 Å². The number of nitrogens with one attached hydrogen (secondary N) is 3. The first-order valence-corrected chi connectivity index (χ1v) is 11.8. The van der Waals surface area contributed by atoms with E-state index < -0.39 is 23.7 Å². The van der Waals surface area contributed by atoms with Crippen molar-refractivity contribution in [3.63, 3.8) is 0 Å². The number of para-hydroxylation sites is 1. The van der Waals surface area contributed by atoms with Gasteiger partial charge in [-0.05, 0) is 37.1 Å². The summed E-state index contributed by atoms with van der Waals surface area (Å²) in [6.07, 6.45) is 1.26. The molecule has 1 fully saturated rings. The lowest BCUT2D eigenvalue weighted by Crippen LogP contribution is -2.44. The molecular weight excluding hydrogens is 481 g/mol. The van der Waals surface area contributed by atoms with Crippen LogP contribution in [-0.4, -0.2) is 40.8 Å². The standard InChI is InChI=1S/C23H21ClFN5O3S/c24-16-7-4-8-17(25)19(16)22(32)30-11-9-14(10-12-30)21-27-18(13-34-21)20(31)28-29-23(33)26-15-5-2-1-3-6-15/h1-8,13-14H,9-12H2,(H,28,31)(H2,26,29,33). The molecule has 3 N–H and O–H groups in total. The minimum Gasteiger partial charge on any atom is -0.338 e. The van der Waals surface area contributed by atoms with Crippen molar-refractivity contribution < 1.29 is 18.8 Å². The molecule has 0 aliphatic carbocycles. The van der Waals surface area contributed by atoms with Gasteiger partial charge in [0.25, 0.3) is 11.8 Å². The number of hydrogen-bond donors (Lipinski definition) is 3. The maximum Gasteiger partial charge on any atom is 0.337 e. The Balaban J connectivity index is 1.28. The Hall–Kier alpha value is -3.50. The average Bonchev–Trinajstić information content (AvgIpc) is 3.34. The fraction of sp³-hybridized carbons (Fsp3) is 0.217. The second-order valence-electron chi connectivity index (χ2n) is 7.63. The molecule has 4 rings (SSSR count). The maximum absolute atomic E-state index is 14.1. The number of likely N-dealkylation sites (tertiary alicyclic amines) is 1. The first kappa shape index (κ1) is 23.7. The number of amides is 4. The van der Waals surface area contributed by atoms with E-state index in [4.69, 9.17) is 11.6 Å². The van der Waals surface area contributed by atoms with Crippen molar-refractivity contribution in [3.8, 4) is 0 Å². The van der Waals surface area contributed by atoms with Gasteiger partial charge in [0, 0.05) is 30.1 Å². The smallest absolute Gasteiger partial charge is 0.337 e. The average molecular weight is 502 g/mol. The van der Waals surface area contributed by atoms with Crippen molar-refractivity contribution in [2.75, 3.05) is 18.4 Å². The van der Waals surface area contributed by atoms with Gasteiger partial charge in [0.15, 0.2) is 0 Å². The number of nitrogens with zero attached hydrogens (tertiary/aromatic N) is 2. The van der Waals surface area contributed by atoms with Crippen LogP contribution in [0.1, 0.15) is 44.6 Å². The molecule has 176 valence electrons. The number of benzene rings is 2. The van der Waals surface area contributed by atoms with Gasteiger partial charge in [0.05, 0.1) is 15.6 Å². The molecule has 0 radical (unpaired) electrons.